The quantitative estimate of drug-likeness (QED) is 0.845. The van der Waals surface area contributed by atoms with Gasteiger partial charge in [-0.25, -0.2) is 0 Å². The third kappa shape index (κ3) is 3.30. The lowest BCUT2D eigenvalue weighted by molar-refractivity contribution is 0.0833. The average molecular weight is 235 g/mol. The van der Waals surface area contributed by atoms with Crippen molar-refractivity contribution in [2.45, 2.75) is 46.8 Å². The van der Waals surface area contributed by atoms with Crippen LogP contribution in [0.15, 0.2) is 12.1 Å². The van der Waals surface area contributed by atoms with E-state index in [2.05, 4.69) is 52.1 Å². The number of ether oxygens (including phenoxy) is 1. The average Bonchev–Trinajstić information content (AvgIpc) is 2.30. The van der Waals surface area contributed by atoms with Crippen LogP contribution < -0.4 is 5.32 Å². The van der Waals surface area contributed by atoms with Crippen LogP contribution in [0.5, 0.6) is 0 Å². The summed E-state index contributed by atoms with van der Waals surface area (Å²) in [6.07, 6.45) is 0.177. The van der Waals surface area contributed by atoms with E-state index in [9.17, 15) is 0 Å². The van der Waals surface area contributed by atoms with E-state index in [-0.39, 0.29) is 12.1 Å². The molecule has 0 aliphatic carbocycles. The van der Waals surface area contributed by atoms with Crippen LogP contribution in [0, 0.1) is 20.8 Å². The van der Waals surface area contributed by atoms with Gasteiger partial charge in [0.05, 0.1) is 12.1 Å². The summed E-state index contributed by atoms with van der Waals surface area (Å²) in [5, 5.41) is 3.51. The highest BCUT2D eigenvalue weighted by atomic mass is 16.5. The van der Waals surface area contributed by atoms with Gasteiger partial charge >= 0.3 is 0 Å². The van der Waals surface area contributed by atoms with Gasteiger partial charge in [0.2, 0.25) is 0 Å². The summed E-state index contributed by atoms with van der Waals surface area (Å²) in [6, 6.07) is 4.81. The number of hydrogen-bond acceptors (Lipinski definition) is 2. The standard InChI is InChI=1S/C15H25NO/c1-7-16-15(13(5)17-6)14-9-11(3)10(2)8-12(14)4/h8-9,13,15-16H,7H2,1-6H3. The van der Waals surface area contributed by atoms with Crippen LogP contribution in [-0.4, -0.2) is 19.8 Å². The summed E-state index contributed by atoms with van der Waals surface area (Å²) >= 11 is 0. The molecule has 17 heavy (non-hydrogen) atoms. The molecule has 2 nitrogen and oxygen atoms in total. The smallest absolute Gasteiger partial charge is 0.0737 e. The molecule has 0 fully saturated rings. The number of likely N-dealkylation sites (N-methyl/N-ethyl adjacent to an activating group) is 1. The van der Waals surface area contributed by atoms with E-state index in [0.717, 1.165) is 6.54 Å². The Labute approximate surface area is 105 Å². The molecule has 1 aromatic rings. The molecule has 0 aliphatic heterocycles. The molecule has 0 spiro atoms. The van der Waals surface area contributed by atoms with E-state index >= 15 is 0 Å². The van der Waals surface area contributed by atoms with E-state index in [4.69, 9.17) is 4.74 Å². The zero-order valence-electron chi connectivity index (χ0n) is 11.9. The zero-order valence-corrected chi connectivity index (χ0v) is 11.9. The Hall–Kier alpha value is -0.860. The molecule has 96 valence electrons. The van der Waals surface area contributed by atoms with Crippen molar-refractivity contribution in [1.29, 1.82) is 0 Å². The van der Waals surface area contributed by atoms with E-state index in [1.165, 1.54) is 22.3 Å². The van der Waals surface area contributed by atoms with Gasteiger partial charge in [-0.05, 0) is 56.5 Å². The number of rotatable bonds is 5. The minimum Gasteiger partial charge on any atom is -0.380 e. The maximum Gasteiger partial charge on any atom is 0.0737 e. The lowest BCUT2D eigenvalue weighted by atomic mass is 9.93. The second-order valence-electron chi connectivity index (χ2n) is 4.77. The van der Waals surface area contributed by atoms with Gasteiger partial charge in [-0.1, -0.05) is 19.1 Å². The number of aryl methyl sites for hydroxylation is 3. The molecular weight excluding hydrogens is 210 g/mol. The normalized spacial score (nSPS) is 14.7. The van der Waals surface area contributed by atoms with Gasteiger partial charge < -0.3 is 10.1 Å². The van der Waals surface area contributed by atoms with Crippen LogP contribution in [0.25, 0.3) is 0 Å². The molecule has 0 saturated carbocycles. The predicted molar refractivity (Wildman–Crippen MR) is 73.5 cm³/mol. The summed E-state index contributed by atoms with van der Waals surface area (Å²) in [7, 11) is 1.77. The molecule has 0 amide bonds. The highest BCUT2D eigenvalue weighted by Gasteiger charge is 2.20. The van der Waals surface area contributed by atoms with E-state index < -0.39 is 0 Å². The monoisotopic (exact) mass is 235 g/mol. The van der Waals surface area contributed by atoms with Gasteiger partial charge in [-0.2, -0.15) is 0 Å². The summed E-state index contributed by atoms with van der Waals surface area (Å²) in [6.45, 7) is 11.7. The summed E-state index contributed by atoms with van der Waals surface area (Å²) < 4.78 is 5.48. The Kier molecular flexibility index (Phi) is 5.16. The Morgan fingerprint density at radius 1 is 1.12 bits per heavy atom. The fourth-order valence-corrected chi connectivity index (χ4v) is 2.20. The second kappa shape index (κ2) is 6.18. The Morgan fingerprint density at radius 3 is 2.24 bits per heavy atom. The molecule has 0 bridgehead atoms. The molecule has 2 atom stereocenters. The highest BCUT2D eigenvalue weighted by Crippen LogP contribution is 2.25. The van der Waals surface area contributed by atoms with Crippen molar-refractivity contribution in [3.05, 3.63) is 34.4 Å². The van der Waals surface area contributed by atoms with Crippen molar-refractivity contribution in [3.63, 3.8) is 0 Å². The minimum absolute atomic E-state index is 0.177. The van der Waals surface area contributed by atoms with Crippen molar-refractivity contribution in [2.24, 2.45) is 0 Å². The van der Waals surface area contributed by atoms with Crippen molar-refractivity contribution in [1.82, 2.24) is 5.32 Å². The van der Waals surface area contributed by atoms with Crippen molar-refractivity contribution in [3.8, 4) is 0 Å². The summed E-state index contributed by atoms with van der Waals surface area (Å²) in [4.78, 5) is 0. The lowest BCUT2D eigenvalue weighted by Crippen LogP contribution is -2.32. The summed E-state index contributed by atoms with van der Waals surface area (Å²) in [5.74, 6) is 0. The van der Waals surface area contributed by atoms with Gasteiger partial charge in [0.25, 0.3) is 0 Å². The van der Waals surface area contributed by atoms with Crippen LogP contribution in [0.3, 0.4) is 0 Å². The Balaban J connectivity index is 3.13. The van der Waals surface area contributed by atoms with E-state index in [1.807, 2.05) is 0 Å². The third-order valence-electron chi connectivity index (χ3n) is 3.48. The number of nitrogens with one attached hydrogen (secondary N) is 1. The molecule has 1 N–H and O–H groups in total. The first-order valence-corrected chi connectivity index (χ1v) is 6.35. The highest BCUT2D eigenvalue weighted by molar-refractivity contribution is 5.38. The first-order valence-electron chi connectivity index (χ1n) is 6.35. The lowest BCUT2D eigenvalue weighted by Gasteiger charge is -2.26. The Morgan fingerprint density at radius 2 is 1.71 bits per heavy atom. The van der Waals surface area contributed by atoms with Crippen molar-refractivity contribution < 1.29 is 4.74 Å². The first-order chi connectivity index (χ1) is 8.01. The van der Waals surface area contributed by atoms with Gasteiger partial charge in [0.1, 0.15) is 0 Å². The van der Waals surface area contributed by atoms with E-state index in [0.29, 0.717) is 0 Å². The van der Waals surface area contributed by atoms with Gasteiger partial charge in [-0.3, -0.25) is 0 Å². The fraction of sp³-hybridized carbons (Fsp3) is 0.600. The molecule has 1 rings (SSSR count). The van der Waals surface area contributed by atoms with Crippen LogP contribution in [0.2, 0.25) is 0 Å². The molecule has 0 radical (unpaired) electrons. The van der Waals surface area contributed by atoms with Gasteiger partial charge in [0.15, 0.2) is 0 Å². The maximum absolute atomic E-state index is 5.48. The zero-order chi connectivity index (χ0) is 13.0. The minimum atomic E-state index is 0.177. The van der Waals surface area contributed by atoms with Gasteiger partial charge in [0, 0.05) is 7.11 Å². The largest absolute Gasteiger partial charge is 0.380 e. The molecule has 0 aromatic heterocycles. The molecule has 0 heterocycles. The molecular formula is C15H25NO. The van der Waals surface area contributed by atoms with Crippen LogP contribution >= 0.6 is 0 Å². The van der Waals surface area contributed by atoms with Crippen LogP contribution in [0.4, 0.5) is 0 Å². The molecule has 2 heteroatoms. The topological polar surface area (TPSA) is 21.3 Å². The number of methoxy groups -OCH3 is 1. The summed E-state index contributed by atoms with van der Waals surface area (Å²) in [5.41, 5.74) is 5.38. The van der Waals surface area contributed by atoms with Crippen molar-refractivity contribution >= 4 is 0 Å². The number of benzene rings is 1. The fourth-order valence-electron chi connectivity index (χ4n) is 2.20. The second-order valence-corrected chi connectivity index (χ2v) is 4.77. The Bertz CT molecular complexity index is 373. The van der Waals surface area contributed by atoms with Crippen LogP contribution in [-0.2, 0) is 4.74 Å². The SMILES string of the molecule is CCNC(c1cc(C)c(C)cc1C)C(C)OC. The molecule has 2 unspecified atom stereocenters. The van der Waals surface area contributed by atoms with Crippen LogP contribution in [0.1, 0.15) is 42.1 Å². The molecule has 1 aromatic carbocycles. The molecule has 0 aliphatic rings. The van der Waals surface area contributed by atoms with E-state index in [1.54, 1.807) is 7.11 Å². The first kappa shape index (κ1) is 14.2. The predicted octanol–water partition coefficient (Wildman–Crippen LogP) is 3.30. The van der Waals surface area contributed by atoms with Gasteiger partial charge in [-0.15, -0.1) is 0 Å². The number of hydrogen-bond donors (Lipinski definition) is 1. The van der Waals surface area contributed by atoms with Crippen molar-refractivity contribution in [2.75, 3.05) is 13.7 Å². The molecule has 0 saturated heterocycles. The third-order valence-corrected chi connectivity index (χ3v) is 3.48. The maximum atomic E-state index is 5.48.